The average Bonchev–Trinajstić information content (AvgIpc) is 2.68. The highest BCUT2D eigenvalue weighted by Gasteiger charge is 2.03. The van der Waals surface area contributed by atoms with Crippen LogP contribution in [-0.2, 0) is 0 Å². The van der Waals surface area contributed by atoms with Crippen molar-refractivity contribution in [2.45, 2.75) is 13.8 Å². The molecule has 1 aromatic heterocycles. The zero-order valence-corrected chi connectivity index (χ0v) is 8.53. The highest BCUT2D eigenvalue weighted by molar-refractivity contribution is 5.95. The number of aliphatic imine (C=N–C) groups is 1. The highest BCUT2D eigenvalue weighted by atomic mass is 16.1. The number of H-pyrrole nitrogens is 1. The van der Waals surface area contributed by atoms with E-state index in [4.69, 9.17) is 5.73 Å². The molecule has 0 aromatic carbocycles. The second-order valence-corrected chi connectivity index (χ2v) is 2.02. The van der Waals surface area contributed by atoms with Gasteiger partial charge in [0.15, 0.2) is 18.1 Å². The van der Waals surface area contributed by atoms with Gasteiger partial charge in [-0.3, -0.25) is 9.79 Å². The summed E-state index contributed by atoms with van der Waals surface area (Å²) in [6.45, 7) is 4.00. The molecule has 0 amide bonds. The summed E-state index contributed by atoms with van der Waals surface area (Å²) in [5.41, 5.74) is 5.71. The summed E-state index contributed by atoms with van der Waals surface area (Å²) in [6.07, 6.45) is 2.05. The van der Waals surface area contributed by atoms with E-state index in [1.165, 1.54) is 13.4 Å². The van der Waals surface area contributed by atoms with Gasteiger partial charge in [-0.2, -0.15) is 0 Å². The van der Waals surface area contributed by atoms with Crippen LogP contribution in [0.1, 0.15) is 24.3 Å². The van der Waals surface area contributed by atoms with Crippen LogP contribution in [0.2, 0.25) is 0 Å². The standard InChI is InChI=1S/C6H9N5O.C2H6/c1-8-6(7)11-5-4(2-12)9-3-10-5;1-2/h2-3H,1H3,(H,9,10)(H3,7,8,11);1-2H3. The number of aromatic amines is 1. The predicted octanol–water partition coefficient (Wildman–Crippen LogP) is 0.605. The molecule has 4 N–H and O–H groups in total. The summed E-state index contributed by atoms with van der Waals surface area (Å²) in [7, 11) is 1.54. The maximum absolute atomic E-state index is 10.4. The number of nitrogens with zero attached hydrogens (tertiary/aromatic N) is 2. The minimum absolute atomic E-state index is 0.213. The monoisotopic (exact) mass is 197 g/mol. The number of hydrogen-bond acceptors (Lipinski definition) is 3. The number of hydrogen-bond donors (Lipinski definition) is 3. The molecule has 0 unspecified atom stereocenters. The lowest BCUT2D eigenvalue weighted by Gasteiger charge is -1.99. The van der Waals surface area contributed by atoms with E-state index in [1.807, 2.05) is 13.8 Å². The van der Waals surface area contributed by atoms with Gasteiger partial charge in [0.1, 0.15) is 5.69 Å². The second-order valence-electron chi connectivity index (χ2n) is 2.02. The number of aromatic nitrogens is 2. The Morgan fingerprint density at radius 3 is 2.86 bits per heavy atom. The summed E-state index contributed by atoms with van der Waals surface area (Å²) >= 11 is 0. The van der Waals surface area contributed by atoms with Gasteiger partial charge < -0.3 is 16.0 Å². The first-order valence-electron chi connectivity index (χ1n) is 4.25. The molecule has 6 nitrogen and oxygen atoms in total. The first kappa shape index (κ1) is 12.2. The van der Waals surface area contributed by atoms with Crippen molar-refractivity contribution in [3.05, 3.63) is 12.0 Å². The fraction of sp³-hybridized carbons (Fsp3) is 0.375. The Kier molecular flexibility index (Phi) is 5.77. The third kappa shape index (κ3) is 3.26. The molecule has 1 rings (SSSR count). The number of anilines is 1. The number of carbonyl (C=O) groups excluding carboxylic acids is 1. The van der Waals surface area contributed by atoms with Crippen molar-refractivity contribution in [3.63, 3.8) is 0 Å². The molecule has 6 heteroatoms. The molecule has 78 valence electrons. The molecule has 0 atom stereocenters. The molecule has 0 saturated carbocycles. The molecular weight excluding hydrogens is 182 g/mol. The molecule has 1 heterocycles. The third-order valence-corrected chi connectivity index (χ3v) is 1.27. The first-order chi connectivity index (χ1) is 6.77. The Morgan fingerprint density at radius 1 is 1.71 bits per heavy atom. The Hall–Kier alpha value is -1.85. The zero-order valence-electron chi connectivity index (χ0n) is 8.53. The van der Waals surface area contributed by atoms with Gasteiger partial charge >= 0.3 is 0 Å². The topological polar surface area (TPSA) is 96.2 Å². The predicted molar refractivity (Wildman–Crippen MR) is 56.5 cm³/mol. The minimum Gasteiger partial charge on any atom is -0.370 e. The van der Waals surface area contributed by atoms with E-state index in [9.17, 15) is 4.79 Å². The lowest BCUT2D eigenvalue weighted by Crippen LogP contribution is -2.22. The van der Waals surface area contributed by atoms with Gasteiger partial charge in [-0.25, -0.2) is 4.98 Å². The van der Waals surface area contributed by atoms with E-state index >= 15 is 0 Å². The number of nitrogens with two attached hydrogens (primary N) is 1. The van der Waals surface area contributed by atoms with Crippen molar-refractivity contribution in [3.8, 4) is 0 Å². The van der Waals surface area contributed by atoms with Crippen molar-refractivity contribution in [1.29, 1.82) is 0 Å². The molecule has 14 heavy (non-hydrogen) atoms. The highest BCUT2D eigenvalue weighted by Crippen LogP contribution is 2.04. The van der Waals surface area contributed by atoms with E-state index in [0.29, 0.717) is 17.8 Å². The fourth-order valence-corrected chi connectivity index (χ4v) is 0.671. The first-order valence-corrected chi connectivity index (χ1v) is 4.25. The van der Waals surface area contributed by atoms with Gasteiger partial charge in [0, 0.05) is 7.05 Å². The molecule has 1 aromatic rings. The Bertz CT molecular complexity index is 304. The number of imidazole rings is 1. The molecule has 0 fully saturated rings. The van der Waals surface area contributed by atoms with Crippen LogP contribution in [0.25, 0.3) is 0 Å². The number of carbonyl (C=O) groups is 1. The van der Waals surface area contributed by atoms with Crippen LogP contribution in [0.4, 0.5) is 5.82 Å². The summed E-state index contributed by atoms with van der Waals surface area (Å²) < 4.78 is 0. The third-order valence-electron chi connectivity index (χ3n) is 1.27. The van der Waals surface area contributed by atoms with E-state index in [1.54, 1.807) is 0 Å². The van der Waals surface area contributed by atoms with Gasteiger partial charge in [-0.1, -0.05) is 13.8 Å². The molecule has 0 aliphatic heterocycles. The van der Waals surface area contributed by atoms with Crippen molar-refractivity contribution >= 4 is 18.1 Å². The molecule has 0 saturated heterocycles. The molecular formula is C8H15N5O. The van der Waals surface area contributed by atoms with Gasteiger partial charge in [0.25, 0.3) is 0 Å². The zero-order chi connectivity index (χ0) is 11.0. The van der Waals surface area contributed by atoms with E-state index in [2.05, 4.69) is 20.3 Å². The van der Waals surface area contributed by atoms with Crippen LogP contribution in [0, 0.1) is 0 Å². The summed E-state index contributed by atoms with van der Waals surface area (Å²) in [6, 6.07) is 0. The second kappa shape index (κ2) is 6.64. The van der Waals surface area contributed by atoms with Crippen molar-refractivity contribution in [2.24, 2.45) is 10.7 Å². The fourth-order valence-electron chi connectivity index (χ4n) is 0.671. The van der Waals surface area contributed by atoms with Crippen LogP contribution >= 0.6 is 0 Å². The molecule has 0 aliphatic carbocycles. The molecule has 0 aliphatic rings. The summed E-state index contributed by atoms with van der Waals surface area (Å²) in [5.74, 6) is 0.596. The molecule has 0 radical (unpaired) electrons. The van der Waals surface area contributed by atoms with Crippen molar-refractivity contribution in [1.82, 2.24) is 9.97 Å². The van der Waals surface area contributed by atoms with Gasteiger partial charge in [-0.15, -0.1) is 0 Å². The van der Waals surface area contributed by atoms with Gasteiger partial charge in [0.2, 0.25) is 0 Å². The van der Waals surface area contributed by atoms with Crippen LogP contribution in [0.15, 0.2) is 11.3 Å². The quantitative estimate of drug-likeness (QED) is 0.367. The number of rotatable bonds is 2. The van der Waals surface area contributed by atoms with E-state index < -0.39 is 0 Å². The normalized spacial score (nSPS) is 10.1. The lowest BCUT2D eigenvalue weighted by molar-refractivity contribution is 0.112. The maximum atomic E-state index is 10.4. The Morgan fingerprint density at radius 2 is 2.36 bits per heavy atom. The molecule has 0 spiro atoms. The van der Waals surface area contributed by atoms with Crippen LogP contribution in [0.5, 0.6) is 0 Å². The Labute approximate surface area is 82.6 Å². The van der Waals surface area contributed by atoms with E-state index in [0.717, 1.165) is 0 Å². The average molecular weight is 197 g/mol. The number of guanidine groups is 1. The van der Waals surface area contributed by atoms with Gasteiger partial charge in [-0.05, 0) is 0 Å². The summed E-state index contributed by atoms with van der Waals surface area (Å²) in [5, 5.41) is 2.65. The largest absolute Gasteiger partial charge is 0.370 e. The van der Waals surface area contributed by atoms with Crippen LogP contribution < -0.4 is 11.1 Å². The minimum atomic E-state index is 0.213. The van der Waals surface area contributed by atoms with Crippen molar-refractivity contribution in [2.75, 3.05) is 12.4 Å². The maximum Gasteiger partial charge on any atom is 0.194 e. The number of nitrogens with one attached hydrogen (secondary N) is 2. The van der Waals surface area contributed by atoms with Crippen LogP contribution in [-0.4, -0.2) is 29.3 Å². The van der Waals surface area contributed by atoms with Crippen LogP contribution in [0.3, 0.4) is 0 Å². The SMILES string of the molecule is CC.CN=C(N)Nc1nc[nH]c1C=O. The Balaban J connectivity index is 0.000000791. The van der Waals surface area contributed by atoms with E-state index in [-0.39, 0.29) is 5.96 Å². The number of aldehydes is 1. The molecule has 0 bridgehead atoms. The van der Waals surface area contributed by atoms with Crippen molar-refractivity contribution < 1.29 is 4.79 Å². The smallest absolute Gasteiger partial charge is 0.194 e. The lowest BCUT2D eigenvalue weighted by atomic mass is 10.5. The van der Waals surface area contributed by atoms with Gasteiger partial charge in [0.05, 0.1) is 6.33 Å². The summed E-state index contributed by atoms with van der Waals surface area (Å²) in [4.78, 5) is 20.5.